The topological polar surface area (TPSA) is 55.6 Å². The zero-order valence-electron chi connectivity index (χ0n) is 12.2. The highest BCUT2D eigenvalue weighted by Crippen LogP contribution is 2.14. The molecule has 0 radical (unpaired) electrons. The van der Waals surface area contributed by atoms with Gasteiger partial charge in [-0.3, -0.25) is 9.69 Å². The van der Waals surface area contributed by atoms with Crippen molar-refractivity contribution in [3.63, 3.8) is 0 Å². The molecule has 0 aliphatic carbocycles. The molecule has 0 aliphatic rings. The molecule has 2 N–H and O–H groups in total. The molecule has 0 spiro atoms. The monoisotopic (exact) mass is 282 g/mol. The summed E-state index contributed by atoms with van der Waals surface area (Å²) in [5.74, 6) is -0.529. The number of nitrogens with two attached hydrogens (primary N) is 1. The van der Waals surface area contributed by atoms with Crippen LogP contribution in [0.1, 0.15) is 31.4 Å². The molecule has 0 unspecified atom stereocenters. The molecule has 5 heteroatoms. The second-order valence-corrected chi connectivity index (χ2v) is 4.63. The van der Waals surface area contributed by atoms with E-state index in [1.165, 1.54) is 12.1 Å². The lowest BCUT2D eigenvalue weighted by Gasteiger charge is -2.22. The number of carbonyl (C=O) groups excluding carboxylic acids is 1. The predicted molar refractivity (Wildman–Crippen MR) is 76.5 cm³/mol. The Morgan fingerprint density at radius 3 is 2.70 bits per heavy atom. The summed E-state index contributed by atoms with van der Waals surface area (Å²) in [6.45, 7) is 6.08. The van der Waals surface area contributed by atoms with Crippen LogP contribution in [0.15, 0.2) is 18.2 Å². The van der Waals surface area contributed by atoms with Crippen LogP contribution in [-0.4, -0.2) is 30.6 Å². The van der Waals surface area contributed by atoms with Crippen LogP contribution in [0, 0.1) is 5.82 Å². The molecule has 0 bridgehead atoms. The Morgan fingerprint density at radius 1 is 1.35 bits per heavy atom. The lowest BCUT2D eigenvalue weighted by atomic mass is 10.1. The second kappa shape index (κ2) is 8.66. The lowest BCUT2D eigenvalue weighted by molar-refractivity contribution is -0.144. The maximum Gasteiger partial charge on any atom is 0.320 e. The van der Waals surface area contributed by atoms with Gasteiger partial charge in [-0.2, -0.15) is 0 Å². The van der Waals surface area contributed by atoms with E-state index in [1.807, 2.05) is 11.8 Å². The van der Waals surface area contributed by atoms with Crippen LogP contribution in [0.4, 0.5) is 4.39 Å². The van der Waals surface area contributed by atoms with Crippen molar-refractivity contribution < 1.29 is 13.9 Å². The standard InChI is InChI=1S/C15H23FN2O2/c1-3-7-18(11-15(19)20-4-2)10-12-5-6-14(16)8-13(12)9-17/h5-6,8H,3-4,7,9-11,17H2,1-2H3. The zero-order chi connectivity index (χ0) is 15.0. The Morgan fingerprint density at radius 2 is 2.10 bits per heavy atom. The first-order valence-electron chi connectivity index (χ1n) is 6.96. The molecule has 0 atom stereocenters. The summed E-state index contributed by atoms with van der Waals surface area (Å²) < 4.78 is 18.2. The van der Waals surface area contributed by atoms with E-state index in [4.69, 9.17) is 10.5 Å². The zero-order valence-corrected chi connectivity index (χ0v) is 12.2. The Bertz CT molecular complexity index is 438. The number of rotatable bonds is 8. The van der Waals surface area contributed by atoms with E-state index in [9.17, 15) is 9.18 Å². The summed E-state index contributed by atoms with van der Waals surface area (Å²) >= 11 is 0. The van der Waals surface area contributed by atoms with Gasteiger partial charge in [0.05, 0.1) is 13.2 Å². The number of esters is 1. The van der Waals surface area contributed by atoms with Gasteiger partial charge in [-0.1, -0.05) is 13.0 Å². The fourth-order valence-corrected chi connectivity index (χ4v) is 2.10. The molecular weight excluding hydrogens is 259 g/mol. The van der Waals surface area contributed by atoms with Gasteiger partial charge >= 0.3 is 5.97 Å². The molecule has 0 saturated carbocycles. The average Bonchev–Trinajstić information content (AvgIpc) is 2.41. The van der Waals surface area contributed by atoms with E-state index in [2.05, 4.69) is 0 Å². The van der Waals surface area contributed by atoms with Crippen LogP contribution in [0.25, 0.3) is 0 Å². The van der Waals surface area contributed by atoms with E-state index in [0.717, 1.165) is 24.1 Å². The van der Waals surface area contributed by atoms with Gasteiger partial charge in [0, 0.05) is 13.1 Å². The Balaban J connectivity index is 2.76. The largest absolute Gasteiger partial charge is 0.465 e. The fraction of sp³-hybridized carbons (Fsp3) is 0.533. The quantitative estimate of drug-likeness (QED) is 0.742. The van der Waals surface area contributed by atoms with Gasteiger partial charge in [0.1, 0.15) is 5.82 Å². The van der Waals surface area contributed by atoms with Gasteiger partial charge in [-0.05, 0) is 43.1 Å². The van der Waals surface area contributed by atoms with Crippen molar-refractivity contribution in [1.29, 1.82) is 0 Å². The molecule has 1 aromatic carbocycles. The molecule has 0 fully saturated rings. The van der Waals surface area contributed by atoms with Gasteiger partial charge in [-0.15, -0.1) is 0 Å². The minimum atomic E-state index is -0.290. The Labute approximate surface area is 119 Å². The van der Waals surface area contributed by atoms with Gasteiger partial charge in [-0.25, -0.2) is 4.39 Å². The molecule has 0 aromatic heterocycles. The number of ether oxygens (including phenoxy) is 1. The third-order valence-corrected chi connectivity index (χ3v) is 2.98. The van der Waals surface area contributed by atoms with Crippen molar-refractivity contribution in [3.05, 3.63) is 35.1 Å². The Hall–Kier alpha value is -1.46. The van der Waals surface area contributed by atoms with Gasteiger partial charge < -0.3 is 10.5 Å². The van der Waals surface area contributed by atoms with Crippen LogP contribution in [0.5, 0.6) is 0 Å². The van der Waals surface area contributed by atoms with E-state index in [1.54, 1.807) is 13.0 Å². The minimum absolute atomic E-state index is 0.239. The van der Waals surface area contributed by atoms with E-state index in [-0.39, 0.29) is 24.9 Å². The summed E-state index contributed by atoms with van der Waals surface area (Å²) in [6, 6.07) is 4.60. The first-order chi connectivity index (χ1) is 9.60. The molecule has 0 amide bonds. The summed E-state index contributed by atoms with van der Waals surface area (Å²) in [5.41, 5.74) is 7.37. The smallest absolute Gasteiger partial charge is 0.320 e. The van der Waals surface area contributed by atoms with E-state index >= 15 is 0 Å². The van der Waals surface area contributed by atoms with Gasteiger partial charge in [0.25, 0.3) is 0 Å². The van der Waals surface area contributed by atoms with Crippen LogP contribution in [-0.2, 0) is 22.6 Å². The molecule has 20 heavy (non-hydrogen) atoms. The fourth-order valence-electron chi connectivity index (χ4n) is 2.10. The number of hydrogen-bond donors (Lipinski definition) is 1. The number of carbonyl (C=O) groups is 1. The molecule has 4 nitrogen and oxygen atoms in total. The van der Waals surface area contributed by atoms with Crippen LogP contribution in [0.2, 0.25) is 0 Å². The average molecular weight is 282 g/mol. The Kier molecular flexibility index (Phi) is 7.18. The van der Waals surface area contributed by atoms with E-state index < -0.39 is 0 Å². The van der Waals surface area contributed by atoms with Crippen molar-refractivity contribution >= 4 is 5.97 Å². The van der Waals surface area contributed by atoms with Crippen LogP contribution >= 0.6 is 0 Å². The highest BCUT2D eigenvalue weighted by atomic mass is 19.1. The molecular formula is C15H23FN2O2. The number of nitrogens with zero attached hydrogens (tertiary/aromatic N) is 1. The highest BCUT2D eigenvalue weighted by Gasteiger charge is 2.13. The number of halogens is 1. The minimum Gasteiger partial charge on any atom is -0.465 e. The first kappa shape index (κ1) is 16.6. The summed E-state index contributed by atoms with van der Waals surface area (Å²) in [6.07, 6.45) is 0.929. The van der Waals surface area contributed by atoms with Crippen molar-refractivity contribution in [2.45, 2.75) is 33.4 Å². The number of benzene rings is 1. The molecule has 1 aromatic rings. The van der Waals surface area contributed by atoms with Crippen LogP contribution < -0.4 is 5.73 Å². The summed E-state index contributed by atoms with van der Waals surface area (Å²) in [7, 11) is 0. The third kappa shape index (κ3) is 5.27. The van der Waals surface area contributed by atoms with Gasteiger partial charge in [0.15, 0.2) is 0 Å². The molecule has 0 aliphatic heterocycles. The van der Waals surface area contributed by atoms with Crippen molar-refractivity contribution in [2.75, 3.05) is 19.7 Å². The molecule has 112 valence electrons. The second-order valence-electron chi connectivity index (χ2n) is 4.63. The third-order valence-electron chi connectivity index (χ3n) is 2.98. The SMILES string of the molecule is CCCN(CC(=O)OCC)Cc1ccc(F)cc1CN. The molecule has 1 rings (SSSR count). The summed E-state index contributed by atoms with van der Waals surface area (Å²) in [4.78, 5) is 13.6. The lowest BCUT2D eigenvalue weighted by Crippen LogP contribution is -2.31. The predicted octanol–water partition coefficient (Wildman–Crippen LogP) is 2.06. The highest BCUT2D eigenvalue weighted by molar-refractivity contribution is 5.71. The molecule has 0 heterocycles. The first-order valence-corrected chi connectivity index (χ1v) is 6.96. The maximum atomic E-state index is 13.2. The number of hydrogen-bond acceptors (Lipinski definition) is 4. The molecule has 0 saturated heterocycles. The van der Waals surface area contributed by atoms with Crippen molar-refractivity contribution in [3.8, 4) is 0 Å². The van der Waals surface area contributed by atoms with Crippen molar-refractivity contribution in [1.82, 2.24) is 4.90 Å². The van der Waals surface area contributed by atoms with Crippen molar-refractivity contribution in [2.24, 2.45) is 5.73 Å². The van der Waals surface area contributed by atoms with E-state index in [0.29, 0.717) is 13.2 Å². The van der Waals surface area contributed by atoms with Gasteiger partial charge in [0.2, 0.25) is 0 Å². The van der Waals surface area contributed by atoms with Crippen LogP contribution in [0.3, 0.4) is 0 Å². The normalized spacial score (nSPS) is 10.8. The maximum absolute atomic E-state index is 13.2. The summed E-state index contributed by atoms with van der Waals surface area (Å²) in [5, 5.41) is 0.